The van der Waals surface area contributed by atoms with E-state index in [0.29, 0.717) is 5.11 Å². The SMILES string of the molecule is O=C(Cc1ccccc1)NC(=S)NNC(=S)Nc1ccccc1. The molecule has 2 aromatic carbocycles. The average Bonchev–Trinajstić information content (AvgIpc) is 2.55. The topological polar surface area (TPSA) is 65.2 Å². The molecule has 0 aliphatic rings. The molecule has 0 unspecified atom stereocenters. The molecule has 7 heteroatoms. The van der Waals surface area contributed by atoms with Crippen molar-refractivity contribution in [3.05, 3.63) is 66.2 Å². The predicted octanol–water partition coefficient (Wildman–Crippen LogP) is 2.12. The normalized spacial score (nSPS) is 9.57. The summed E-state index contributed by atoms with van der Waals surface area (Å²) in [5.41, 5.74) is 7.15. The van der Waals surface area contributed by atoms with Crippen LogP contribution in [-0.2, 0) is 11.2 Å². The Morgan fingerprint density at radius 1 is 0.826 bits per heavy atom. The minimum atomic E-state index is -0.197. The van der Waals surface area contributed by atoms with Gasteiger partial charge in [-0.2, -0.15) is 0 Å². The van der Waals surface area contributed by atoms with E-state index in [1.54, 1.807) is 0 Å². The van der Waals surface area contributed by atoms with E-state index in [-0.39, 0.29) is 17.4 Å². The lowest BCUT2D eigenvalue weighted by atomic mass is 10.1. The first-order valence-corrected chi connectivity index (χ1v) is 7.71. The van der Waals surface area contributed by atoms with E-state index in [4.69, 9.17) is 24.4 Å². The number of anilines is 1. The monoisotopic (exact) mass is 344 g/mol. The van der Waals surface area contributed by atoms with Crippen LogP contribution >= 0.6 is 24.4 Å². The Morgan fingerprint density at radius 3 is 2.04 bits per heavy atom. The number of nitrogens with one attached hydrogen (secondary N) is 4. The molecule has 5 nitrogen and oxygen atoms in total. The molecule has 0 saturated heterocycles. The van der Waals surface area contributed by atoms with Gasteiger partial charge in [0.25, 0.3) is 0 Å². The average molecular weight is 344 g/mol. The van der Waals surface area contributed by atoms with E-state index in [2.05, 4.69) is 21.5 Å². The van der Waals surface area contributed by atoms with Gasteiger partial charge >= 0.3 is 0 Å². The zero-order valence-corrected chi connectivity index (χ0v) is 13.8. The van der Waals surface area contributed by atoms with E-state index in [1.807, 2.05) is 60.7 Å². The van der Waals surface area contributed by atoms with Crippen LogP contribution in [0.5, 0.6) is 0 Å². The zero-order chi connectivity index (χ0) is 16.5. The van der Waals surface area contributed by atoms with Gasteiger partial charge in [0, 0.05) is 5.69 Å². The molecule has 0 fully saturated rings. The second kappa shape index (κ2) is 8.82. The minimum Gasteiger partial charge on any atom is -0.331 e. The third kappa shape index (κ3) is 6.41. The van der Waals surface area contributed by atoms with Crippen LogP contribution in [0.1, 0.15) is 5.56 Å². The van der Waals surface area contributed by atoms with Crippen LogP contribution in [0.15, 0.2) is 60.7 Å². The Morgan fingerprint density at radius 2 is 1.39 bits per heavy atom. The van der Waals surface area contributed by atoms with Gasteiger partial charge in [0.1, 0.15) is 0 Å². The molecule has 2 aromatic rings. The lowest BCUT2D eigenvalue weighted by Crippen LogP contribution is -2.49. The highest BCUT2D eigenvalue weighted by atomic mass is 32.1. The summed E-state index contributed by atoms with van der Waals surface area (Å²) in [5.74, 6) is -0.197. The number of thiocarbonyl (C=S) groups is 2. The van der Waals surface area contributed by atoms with Gasteiger partial charge in [-0.05, 0) is 42.1 Å². The van der Waals surface area contributed by atoms with Crippen molar-refractivity contribution in [2.24, 2.45) is 0 Å². The van der Waals surface area contributed by atoms with Crippen molar-refractivity contribution in [1.82, 2.24) is 16.2 Å². The minimum absolute atomic E-state index is 0.156. The number of hydrogen-bond donors (Lipinski definition) is 4. The standard InChI is InChI=1S/C16H16N4OS2/c21-14(11-12-7-3-1-4-8-12)18-16(23)20-19-15(22)17-13-9-5-2-6-10-13/h1-10H,11H2,(H2,17,19,22)(H2,18,20,21,23). The fourth-order valence-electron chi connectivity index (χ4n) is 1.78. The van der Waals surface area contributed by atoms with Crippen molar-refractivity contribution in [3.63, 3.8) is 0 Å². The summed E-state index contributed by atoms with van der Waals surface area (Å²) < 4.78 is 0. The van der Waals surface area contributed by atoms with Crippen LogP contribution in [0.4, 0.5) is 5.69 Å². The molecule has 0 bridgehead atoms. The number of amides is 1. The van der Waals surface area contributed by atoms with Crippen molar-refractivity contribution in [2.45, 2.75) is 6.42 Å². The van der Waals surface area contributed by atoms with Gasteiger partial charge in [-0.15, -0.1) is 0 Å². The molecule has 0 aliphatic heterocycles. The molecule has 0 radical (unpaired) electrons. The molecule has 2 rings (SSSR count). The molecule has 0 saturated carbocycles. The molecule has 0 atom stereocenters. The largest absolute Gasteiger partial charge is 0.331 e. The Bertz CT molecular complexity index is 677. The van der Waals surface area contributed by atoms with Gasteiger partial charge in [0.2, 0.25) is 5.91 Å². The zero-order valence-electron chi connectivity index (χ0n) is 12.2. The lowest BCUT2D eigenvalue weighted by Gasteiger charge is -2.13. The van der Waals surface area contributed by atoms with E-state index in [0.717, 1.165) is 11.3 Å². The van der Waals surface area contributed by atoms with Crippen LogP contribution in [0, 0.1) is 0 Å². The summed E-state index contributed by atoms with van der Waals surface area (Å²) in [6.07, 6.45) is 0.259. The number of carbonyl (C=O) groups excluding carboxylic acids is 1. The van der Waals surface area contributed by atoms with Crippen molar-refractivity contribution < 1.29 is 4.79 Å². The Labute approximate surface area is 145 Å². The molecular weight excluding hydrogens is 328 g/mol. The number of rotatable bonds is 3. The van der Waals surface area contributed by atoms with Gasteiger partial charge in [-0.1, -0.05) is 48.5 Å². The molecule has 0 aliphatic carbocycles. The summed E-state index contributed by atoms with van der Waals surface area (Å²) in [6.45, 7) is 0. The van der Waals surface area contributed by atoms with Gasteiger partial charge in [-0.25, -0.2) is 0 Å². The predicted molar refractivity (Wildman–Crippen MR) is 99.8 cm³/mol. The first-order chi connectivity index (χ1) is 11.1. The van der Waals surface area contributed by atoms with Crippen molar-refractivity contribution in [3.8, 4) is 0 Å². The van der Waals surface area contributed by atoms with Crippen LogP contribution in [0.3, 0.4) is 0 Å². The highest BCUT2D eigenvalue weighted by molar-refractivity contribution is 7.80. The summed E-state index contributed by atoms with van der Waals surface area (Å²) >= 11 is 10.2. The maximum atomic E-state index is 11.8. The summed E-state index contributed by atoms with van der Waals surface area (Å²) in [5, 5.41) is 6.05. The van der Waals surface area contributed by atoms with Gasteiger partial charge in [0.15, 0.2) is 10.2 Å². The van der Waals surface area contributed by atoms with E-state index < -0.39 is 0 Å². The molecule has 4 N–H and O–H groups in total. The quantitative estimate of drug-likeness (QED) is 0.505. The van der Waals surface area contributed by atoms with Crippen molar-refractivity contribution in [1.29, 1.82) is 0 Å². The fourth-order valence-corrected chi connectivity index (χ4v) is 2.11. The van der Waals surface area contributed by atoms with E-state index >= 15 is 0 Å². The maximum absolute atomic E-state index is 11.8. The highest BCUT2D eigenvalue weighted by Crippen LogP contribution is 2.03. The summed E-state index contributed by atoms with van der Waals surface area (Å²) in [6, 6.07) is 18.9. The number of benzene rings is 2. The third-order valence-corrected chi connectivity index (χ3v) is 3.19. The number of hydrazine groups is 1. The summed E-state index contributed by atoms with van der Waals surface area (Å²) in [7, 11) is 0. The second-order valence-corrected chi connectivity index (χ2v) is 5.43. The smallest absolute Gasteiger partial charge is 0.230 e. The van der Waals surface area contributed by atoms with Crippen LogP contribution in [0.2, 0.25) is 0 Å². The van der Waals surface area contributed by atoms with Crippen molar-refractivity contribution >= 4 is 46.3 Å². The Hall–Kier alpha value is -2.51. The van der Waals surface area contributed by atoms with E-state index in [1.165, 1.54) is 0 Å². The van der Waals surface area contributed by atoms with Gasteiger partial charge < -0.3 is 10.6 Å². The number of para-hydroxylation sites is 1. The van der Waals surface area contributed by atoms with Gasteiger partial charge in [0.05, 0.1) is 6.42 Å². The molecule has 1 amide bonds. The van der Waals surface area contributed by atoms with Crippen LogP contribution in [0.25, 0.3) is 0 Å². The van der Waals surface area contributed by atoms with Crippen LogP contribution in [-0.4, -0.2) is 16.1 Å². The third-order valence-electron chi connectivity index (χ3n) is 2.78. The number of hydrogen-bond acceptors (Lipinski definition) is 3. The fraction of sp³-hybridized carbons (Fsp3) is 0.0625. The van der Waals surface area contributed by atoms with Gasteiger partial charge in [-0.3, -0.25) is 15.6 Å². The first kappa shape index (κ1) is 16.9. The molecule has 0 spiro atoms. The van der Waals surface area contributed by atoms with Crippen LogP contribution < -0.4 is 21.5 Å². The molecule has 0 aromatic heterocycles. The number of carbonyl (C=O) groups is 1. The Balaban J connectivity index is 1.70. The molecule has 23 heavy (non-hydrogen) atoms. The first-order valence-electron chi connectivity index (χ1n) is 6.89. The van der Waals surface area contributed by atoms with E-state index in [9.17, 15) is 4.79 Å². The summed E-state index contributed by atoms with van der Waals surface area (Å²) in [4.78, 5) is 11.8. The maximum Gasteiger partial charge on any atom is 0.230 e. The van der Waals surface area contributed by atoms with Crippen molar-refractivity contribution in [2.75, 3.05) is 5.32 Å². The second-order valence-electron chi connectivity index (χ2n) is 4.61. The molecule has 0 heterocycles. The highest BCUT2D eigenvalue weighted by Gasteiger charge is 2.05. The Kier molecular flexibility index (Phi) is 6.46. The lowest BCUT2D eigenvalue weighted by molar-refractivity contribution is -0.119. The molecular formula is C16H16N4OS2. The molecule has 118 valence electrons.